The van der Waals surface area contributed by atoms with E-state index in [-0.39, 0.29) is 13.2 Å². The number of benzene rings is 1. The van der Waals surface area contributed by atoms with Crippen molar-refractivity contribution in [1.29, 1.82) is 0 Å². The summed E-state index contributed by atoms with van der Waals surface area (Å²) in [5.74, 6) is -3.23. The fourth-order valence-corrected chi connectivity index (χ4v) is 3.50. The maximum absolute atomic E-state index is 13.1. The van der Waals surface area contributed by atoms with E-state index in [1.807, 2.05) is 18.2 Å². The number of esters is 4. The Bertz CT molecular complexity index is 912. The van der Waals surface area contributed by atoms with Crippen molar-refractivity contribution in [2.45, 2.75) is 52.0 Å². The van der Waals surface area contributed by atoms with Crippen LogP contribution in [0.5, 0.6) is 0 Å². The summed E-state index contributed by atoms with van der Waals surface area (Å²) in [5.41, 5.74) is 0.769. The van der Waals surface area contributed by atoms with Crippen LogP contribution >= 0.6 is 0 Å². The van der Waals surface area contributed by atoms with Crippen molar-refractivity contribution in [3.05, 3.63) is 42.0 Å². The van der Waals surface area contributed by atoms with Crippen molar-refractivity contribution >= 4 is 35.9 Å². The van der Waals surface area contributed by atoms with Crippen molar-refractivity contribution in [3.63, 3.8) is 0 Å². The third-order valence-corrected chi connectivity index (χ3v) is 4.73. The van der Waals surface area contributed by atoms with Crippen LogP contribution in [-0.4, -0.2) is 72.2 Å². The van der Waals surface area contributed by atoms with E-state index < -0.39 is 54.1 Å². The monoisotopic (exact) mass is 461 g/mol. The molecule has 1 aliphatic rings. The molecule has 0 unspecified atom stereocenters. The molecule has 0 saturated carbocycles. The van der Waals surface area contributed by atoms with Gasteiger partial charge in [0.1, 0.15) is 12.6 Å². The van der Waals surface area contributed by atoms with Gasteiger partial charge in [0.2, 0.25) is 5.91 Å². The minimum Gasteiger partial charge on any atom is -0.464 e. The maximum Gasteiger partial charge on any atom is 0.303 e. The van der Waals surface area contributed by atoms with Gasteiger partial charge in [-0.05, 0) is 11.6 Å². The van der Waals surface area contributed by atoms with Gasteiger partial charge in [-0.15, -0.1) is 0 Å². The second-order valence-corrected chi connectivity index (χ2v) is 7.40. The Morgan fingerprint density at radius 1 is 0.848 bits per heavy atom. The van der Waals surface area contributed by atoms with Crippen LogP contribution in [0.2, 0.25) is 0 Å². The van der Waals surface area contributed by atoms with E-state index in [0.29, 0.717) is 0 Å². The molecule has 4 atom stereocenters. The van der Waals surface area contributed by atoms with Gasteiger partial charge in [0.25, 0.3) is 0 Å². The molecule has 10 nitrogen and oxygen atoms in total. The highest BCUT2D eigenvalue weighted by atomic mass is 16.6. The first kappa shape index (κ1) is 25.6. The number of carbonyl (C=O) groups is 5. The van der Waals surface area contributed by atoms with Crippen LogP contribution in [0.4, 0.5) is 0 Å². The Kier molecular flexibility index (Phi) is 9.14. The summed E-state index contributed by atoms with van der Waals surface area (Å²) >= 11 is 0. The number of rotatable bonds is 7. The van der Waals surface area contributed by atoms with Crippen molar-refractivity contribution < 1.29 is 42.9 Å². The van der Waals surface area contributed by atoms with E-state index in [4.69, 9.17) is 18.9 Å². The fourth-order valence-electron chi connectivity index (χ4n) is 3.50. The molecule has 1 amide bonds. The quantitative estimate of drug-likeness (QED) is 0.335. The van der Waals surface area contributed by atoms with Crippen LogP contribution in [0.3, 0.4) is 0 Å². The molecule has 1 saturated heterocycles. The first-order valence-corrected chi connectivity index (χ1v) is 10.3. The predicted octanol–water partition coefficient (Wildman–Crippen LogP) is 1.27. The lowest BCUT2D eigenvalue weighted by Gasteiger charge is -2.46. The van der Waals surface area contributed by atoms with Crippen molar-refractivity contribution in [1.82, 2.24) is 4.90 Å². The number of hydrogen-bond donors (Lipinski definition) is 0. The molecule has 0 radical (unpaired) electrons. The Labute approximate surface area is 191 Å². The summed E-state index contributed by atoms with van der Waals surface area (Å²) in [7, 11) is 0. The molecule has 1 heterocycles. The third kappa shape index (κ3) is 7.74. The number of piperidine rings is 1. The van der Waals surface area contributed by atoms with Gasteiger partial charge in [0.15, 0.2) is 18.3 Å². The Balaban J connectivity index is 2.45. The summed E-state index contributed by atoms with van der Waals surface area (Å²) in [4.78, 5) is 61.2. The average Bonchev–Trinajstić information content (AvgIpc) is 2.73. The summed E-state index contributed by atoms with van der Waals surface area (Å²) in [5, 5.41) is 0. The largest absolute Gasteiger partial charge is 0.464 e. The van der Waals surface area contributed by atoms with E-state index in [9.17, 15) is 24.0 Å². The molecule has 0 spiro atoms. The molecule has 1 aromatic carbocycles. The molecule has 0 aromatic heterocycles. The molecule has 0 aliphatic carbocycles. The molecular formula is C23H27NO9. The lowest BCUT2D eigenvalue weighted by atomic mass is 9.93. The smallest absolute Gasteiger partial charge is 0.303 e. The van der Waals surface area contributed by atoms with Crippen molar-refractivity contribution in [2.75, 3.05) is 13.2 Å². The first-order valence-electron chi connectivity index (χ1n) is 10.3. The highest BCUT2D eigenvalue weighted by molar-refractivity contribution is 5.92. The molecule has 2 rings (SSSR count). The van der Waals surface area contributed by atoms with Gasteiger partial charge in [0, 0.05) is 33.8 Å². The SMILES string of the molecule is CC(=O)OC[C@@H]1[C@@H](OC(C)=O)[C@H](OC(C)=O)[C@@H](OC(C)=O)CN1C(=O)/C=C\c1ccccc1. The van der Waals surface area contributed by atoms with Gasteiger partial charge >= 0.3 is 23.9 Å². The molecule has 1 aliphatic heterocycles. The molecule has 178 valence electrons. The van der Waals surface area contributed by atoms with Crippen molar-refractivity contribution in [2.24, 2.45) is 0 Å². The lowest BCUT2D eigenvalue weighted by Crippen LogP contribution is -2.66. The zero-order valence-corrected chi connectivity index (χ0v) is 18.9. The van der Waals surface area contributed by atoms with E-state index in [0.717, 1.165) is 26.3 Å². The molecule has 1 fully saturated rings. The normalized spacial score (nSPS) is 22.4. The van der Waals surface area contributed by atoms with Gasteiger partial charge in [-0.3, -0.25) is 24.0 Å². The van der Waals surface area contributed by atoms with Crippen LogP contribution in [0.15, 0.2) is 36.4 Å². The molecule has 10 heteroatoms. The molecule has 33 heavy (non-hydrogen) atoms. The van der Waals surface area contributed by atoms with E-state index in [1.165, 1.54) is 17.9 Å². The lowest BCUT2D eigenvalue weighted by molar-refractivity contribution is -0.207. The fraction of sp³-hybridized carbons (Fsp3) is 0.435. The number of likely N-dealkylation sites (tertiary alicyclic amines) is 1. The predicted molar refractivity (Wildman–Crippen MR) is 114 cm³/mol. The van der Waals surface area contributed by atoms with Gasteiger partial charge in [-0.2, -0.15) is 0 Å². The van der Waals surface area contributed by atoms with Crippen LogP contribution in [-0.2, 0) is 42.9 Å². The average molecular weight is 461 g/mol. The zero-order chi connectivity index (χ0) is 24.5. The first-order chi connectivity index (χ1) is 15.6. The molecule has 0 bridgehead atoms. The second kappa shape index (κ2) is 11.8. The van der Waals surface area contributed by atoms with E-state index in [2.05, 4.69) is 0 Å². The topological polar surface area (TPSA) is 126 Å². The number of ether oxygens (including phenoxy) is 4. The minimum absolute atomic E-state index is 0.181. The second-order valence-electron chi connectivity index (χ2n) is 7.40. The number of nitrogens with zero attached hydrogens (tertiary/aromatic N) is 1. The van der Waals surface area contributed by atoms with Crippen LogP contribution in [0.25, 0.3) is 6.08 Å². The third-order valence-electron chi connectivity index (χ3n) is 4.73. The Hall–Kier alpha value is -3.69. The summed E-state index contributed by atoms with van der Waals surface area (Å²) in [6, 6.07) is 8.06. The number of hydrogen-bond acceptors (Lipinski definition) is 9. The van der Waals surface area contributed by atoms with Crippen LogP contribution in [0, 0.1) is 0 Å². The molecule has 1 aromatic rings. The van der Waals surface area contributed by atoms with Crippen LogP contribution in [0.1, 0.15) is 33.3 Å². The van der Waals surface area contributed by atoms with Gasteiger partial charge < -0.3 is 23.8 Å². The van der Waals surface area contributed by atoms with E-state index >= 15 is 0 Å². The number of amides is 1. The Morgan fingerprint density at radius 2 is 1.42 bits per heavy atom. The maximum atomic E-state index is 13.1. The highest BCUT2D eigenvalue weighted by Gasteiger charge is 2.50. The van der Waals surface area contributed by atoms with Gasteiger partial charge in [-0.25, -0.2) is 0 Å². The van der Waals surface area contributed by atoms with Crippen molar-refractivity contribution in [3.8, 4) is 0 Å². The van der Waals surface area contributed by atoms with E-state index in [1.54, 1.807) is 18.2 Å². The van der Waals surface area contributed by atoms with Gasteiger partial charge in [-0.1, -0.05) is 30.3 Å². The highest BCUT2D eigenvalue weighted by Crippen LogP contribution is 2.28. The molecule has 0 N–H and O–H groups in total. The molecular weight excluding hydrogens is 434 g/mol. The Morgan fingerprint density at radius 3 is 1.97 bits per heavy atom. The number of carbonyl (C=O) groups excluding carboxylic acids is 5. The minimum atomic E-state index is -1.25. The zero-order valence-electron chi connectivity index (χ0n) is 18.9. The summed E-state index contributed by atoms with van der Waals surface area (Å²) in [6.45, 7) is 4.14. The standard InChI is InChI=1S/C23H27NO9/c1-14(25)30-13-19-22(32-16(3)27)23(33-17(4)28)20(31-15(2)26)12-24(19)21(29)11-10-18-8-6-5-7-9-18/h5-11,19-20,22-23H,12-13H2,1-4H3/b11-10-/t19-,20+,22-,23-/m1/s1. The summed E-state index contributed by atoms with van der Waals surface area (Å²) in [6.07, 6.45) is -0.683. The summed E-state index contributed by atoms with van der Waals surface area (Å²) < 4.78 is 21.1. The van der Waals surface area contributed by atoms with Gasteiger partial charge in [0.05, 0.1) is 6.54 Å². The van der Waals surface area contributed by atoms with Crippen LogP contribution < -0.4 is 0 Å².